The van der Waals surface area contributed by atoms with Crippen molar-refractivity contribution in [2.24, 2.45) is 11.7 Å². The van der Waals surface area contributed by atoms with Gasteiger partial charge in [-0.2, -0.15) is 11.8 Å². The molecule has 0 bridgehead atoms. The first-order chi connectivity index (χ1) is 19.9. The number of aliphatic hydroxyl groups is 8. The van der Waals surface area contributed by atoms with Gasteiger partial charge in [-0.1, -0.05) is 13.3 Å². The smallest absolute Gasteiger partial charge is 0.303 e. The van der Waals surface area contributed by atoms with Gasteiger partial charge in [-0.15, -0.1) is 0 Å². The maximum atomic E-state index is 10.7. The topological polar surface area (TPSA) is 274 Å². The quantitative estimate of drug-likeness (QED) is 0.0481. The number of thioether (sulfide) groups is 1. The monoisotopic (exact) mass is 632 g/mol. The molecule has 2 aliphatic rings. The molecule has 0 spiro atoms. The van der Waals surface area contributed by atoms with Crippen molar-refractivity contribution in [2.75, 3.05) is 31.3 Å². The van der Waals surface area contributed by atoms with Crippen molar-refractivity contribution in [3.05, 3.63) is 0 Å². The number of rotatable bonds is 19. The Morgan fingerprint density at radius 3 is 2.36 bits per heavy atom. The highest BCUT2D eigenvalue weighted by molar-refractivity contribution is 7.99. The summed E-state index contributed by atoms with van der Waals surface area (Å²) in [6.45, 7) is 0.862. The maximum Gasteiger partial charge on any atom is 0.303 e. The first-order valence-corrected chi connectivity index (χ1v) is 15.2. The molecule has 42 heavy (non-hydrogen) atoms. The standard InChI is InChI=1S/C25H48N2O14S/c1-12(8-28)23(37)41-25-20(35)19(34)21(16(9-29)38-25)40-24-15(31)7-14(30)17(39-24)11-42-10-13(26)22(36)27-6-4-2-3-5-18(32)33/h12-17,19-25,27-31,34-37H,2-11,26H2,1H3,(H,32,33)/t12?,13?,14-,15?,16?,17?,19?,20?,21?,22?,23?,24?,25-/m0/s1. The Balaban J connectivity index is 1.84. The van der Waals surface area contributed by atoms with Crippen LogP contribution in [-0.2, 0) is 23.7 Å². The molecule has 0 amide bonds. The van der Waals surface area contributed by atoms with Crippen LogP contribution in [0.4, 0.5) is 0 Å². The third kappa shape index (κ3) is 11.6. The fourth-order valence-electron chi connectivity index (χ4n) is 4.38. The number of nitrogens with one attached hydrogen (secondary N) is 1. The fraction of sp³-hybridized carbons (Fsp3) is 0.960. The number of hydrogen-bond acceptors (Lipinski definition) is 16. The summed E-state index contributed by atoms with van der Waals surface area (Å²) < 4.78 is 22.2. The van der Waals surface area contributed by atoms with E-state index in [1.54, 1.807) is 0 Å². The Hall–Kier alpha value is -0.740. The fourth-order valence-corrected chi connectivity index (χ4v) is 5.50. The van der Waals surface area contributed by atoms with E-state index >= 15 is 0 Å². The lowest BCUT2D eigenvalue weighted by atomic mass is 9.98. The number of ether oxygens (including phenoxy) is 4. The van der Waals surface area contributed by atoms with Crippen molar-refractivity contribution in [1.29, 1.82) is 0 Å². The molecule has 2 aliphatic heterocycles. The molecule has 0 aromatic heterocycles. The summed E-state index contributed by atoms with van der Waals surface area (Å²) in [6.07, 6.45) is -12.7. The predicted octanol–water partition coefficient (Wildman–Crippen LogP) is -3.78. The summed E-state index contributed by atoms with van der Waals surface area (Å²) in [5, 5.41) is 92.9. The Labute approximate surface area is 248 Å². The summed E-state index contributed by atoms with van der Waals surface area (Å²) in [7, 11) is 0. The molecule has 17 heteroatoms. The summed E-state index contributed by atoms with van der Waals surface area (Å²) in [4.78, 5) is 10.5. The number of nitrogens with two attached hydrogens (primary N) is 1. The molecule has 11 unspecified atom stereocenters. The van der Waals surface area contributed by atoms with Crippen molar-refractivity contribution in [3.8, 4) is 0 Å². The number of carboxylic acid groups (broad SMARTS) is 1. The second kappa shape index (κ2) is 18.9. The van der Waals surface area contributed by atoms with Crippen LogP contribution in [0.3, 0.4) is 0 Å². The molecule has 16 nitrogen and oxygen atoms in total. The van der Waals surface area contributed by atoms with Crippen LogP contribution >= 0.6 is 11.8 Å². The van der Waals surface area contributed by atoms with Gasteiger partial charge < -0.3 is 70.6 Å². The Morgan fingerprint density at radius 1 is 1.02 bits per heavy atom. The van der Waals surface area contributed by atoms with Gasteiger partial charge >= 0.3 is 5.97 Å². The molecule has 0 aromatic carbocycles. The van der Waals surface area contributed by atoms with Crippen LogP contribution in [0.25, 0.3) is 0 Å². The highest BCUT2D eigenvalue weighted by atomic mass is 32.2. The van der Waals surface area contributed by atoms with Gasteiger partial charge in [0.05, 0.1) is 31.5 Å². The van der Waals surface area contributed by atoms with Crippen molar-refractivity contribution >= 4 is 17.7 Å². The molecule has 2 heterocycles. The second-order valence-corrected chi connectivity index (χ2v) is 11.8. The van der Waals surface area contributed by atoms with Crippen molar-refractivity contribution < 1.29 is 69.7 Å². The lowest BCUT2D eigenvalue weighted by molar-refractivity contribution is -0.365. The zero-order valence-electron chi connectivity index (χ0n) is 23.6. The predicted molar refractivity (Wildman–Crippen MR) is 147 cm³/mol. The number of aliphatic carboxylic acids is 1. The molecule has 0 saturated carbocycles. The van der Waals surface area contributed by atoms with E-state index in [0.29, 0.717) is 31.6 Å². The number of aliphatic hydroxyl groups excluding tert-OH is 8. The largest absolute Gasteiger partial charge is 0.481 e. The van der Waals surface area contributed by atoms with E-state index < -0.39 is 99.0 Å². The van der Waals surface area contributed by atoms with Crippen LogP contribution in [0.2, 0.25) is 0 Å². The van der Waals surface area contributed by atoms with E-state index in [1.165, 1.54) is 18.7 Å². The average molecular weight is 633 g/mol. The lowest BCUT2D eigenvalue weighted by Gasteiger charge is -2.45. The van der Waals surface area contributed by atoms with Gasteiger partial charge in [0, 0.05) is 30.3 Å². The molecule has 13 atom stereocenters. The molecule has 0 radical (unpaired) electrons. The minimum absolute atomic E-state index is 0.0989. The SMILES string of the molecule is CC(CO)C(O)O[C@@H]1OC(CO)C(OC2OC(CSCC(N)C(O)NCCCCCC(=O)O)[C@@H](O)CC2O)C(O)C1O. The third-order valence-corrected chi connectivity index (χ3v) is 8.30. The molecule has 0 aromatic rings. The normalized spacial score (nSPS) is 35.0. The van der Waals surface area contributed by atoms with Gasteiger partial charge in [0.1, 0.15) is 36.7 Å². The number of hydrogen-bond donors (Lipinski definition) is 11. The van der Waals surface area contributed by atoms with Crippen molar-refractivity contribution in [1.82, 2.24) is 5.32 Å². The van der Waals surface area contributed by atoms with Crippen LogP contribution in [0.15, 0.2) is 0 Å². The molecule has 2 fully saturated rings. The minimum Gasteiger partial charge on any atom is -0.481 e. The van der Waals surface area contributed by atoms with Gasteiger partial charge in [0.2, 0.25) is 0 Å². The summed E-state index contributed by atoms with van der Waals surface area (Å²) in [5.74, 6) is -1.05. The highest BCUT2D eigenvalue weighted by Crippen LogP contribution is 2.31. The minimum atomic E-state index is -1.72. The molecule has 0 aliphatic carbocycles. The first-order valence-electron chi connectivity index (χ1n) is 14.1. The van der Waals surface area contributed by atoms with E-state index in [4.69, 9.17) is 34.9 Å². The van der Waals surface area contributed by atoms with Crippen LogP contribution in [0.5, 0.6) is 0 Å². The van der Waals surface area contributed by atoms with Gasteiger partial charge in [-0.3, -0.25) is 10.1 Å². The first kappa shape index (κ1) is 37.4. The summed E-state index contributed by atoms with van der Waals surface area (Å²) >= 11 is 1.29. The van der Waals surface area contributed by atoms with Gasteiger partial charge in [0.15, 0.2) is 18.9 Å². The number of unbranched alkanes of at least 4 members (excludes halogenated alkanes) is 2. The Kier molecular flexibility index (Phi) is 16.9. The number of carboxylic acids is 1. The molecular weight excluding hydrogens is 584 g/mol. The van der Waals surface area contributed by atoms with Crippen LogP contribution in [-0.4, -0.2) is 157 Å². The summed E-state index contributed by atoms with van der Waals surface area (Å²) in [5.41, 5.74) is 6.04. The van der Waals surface area contributed by atoms with E-state index in [-0.39, 0.29) is 18.6 Å². The van der Waals surface area contributed by atoms with Gasteiger partial charge in [0.25, 0.3) is 0 Å². The molecular formula is C25H48N2O14S. The van der Waals surface area contributed by atoms with E-state index in [0.717, 1.165) is 0 Å². The van der Waals surface area contributed by atoms with Crippen LogP contribution in [0.1, 0.15) is 39.0 Å². The van der Waals surface area contributed by atoms with E-state index in [1.807, 2.05) is 0 Å². The zero-order chi connectivity index (χ0) is 31.4. The number of carbonyl (C=O) groups is 1. The third-order valence-electron chi connectivity index (χ3n) is 7.11. The Morgan fingerprint density at radius 2 is 1.71 bits per heavy atom. The second-order valence-electron chi connectivity index (χ2n) is 10.7. The molecule has 12 N–H and O–H groups in total. The van der Waals surface area contributed by atoms with E-state index in [2.05, 4.69) is 5.32 Å². The maximum absolute atomic E-state index is 10.7. The molecule has 2 saturated heterocycles. The zero-order valence-corrected chi connectivity index (χ0v) is 24.4. The van der Waals surface area contributed by atoms with Gasteiger partial charge in [-0.25, -0.2) is 0 Å². The molecule has 2 rings (SSSR count). The van der Waals surface area contributed by atoms with Crippen molar-refractivity contribution in [2.45, 2.75) is 113 Å². The lowest BCUT2D eigenvalue weighted by Crippen LogP contribution is -2.63. The van der Waals surface area contributed by atoms with Gasteiger partial charge in [-0.05, 0) is 19.4 Å². The van der Waals surface area contributed by atoms with E-state index in [9.17, 15) is 40.5 Å². The van der Waals surface area contributed by atoms with Crippen LogP contribution < -0.4 is 11.1 Å². The Bertz CT molecular complexity index is 773. The summed E-state index contributed by atoms with van der Waals surface area (Å²) in [6, 6.07) is -0.650. The highest BCUT2D eigenvalue weighted by Gasteiger charge is 2.49. The van der Waals surface area contributed by atoms with Crippen LogP contribution in [0, 0.1) is 5.92 Å². The average Bonchev–Trinajstić information content (AvgIpc) is 2.95. The molecule has 248 valence electrons. The van der Waals surface area contributed by atoms with Crippen molar-refractivity contribution in [3.63, 3.8) is 0 Å².